The van der Waals surface area contributed by atoms with Crippen LogP contribution >= 0.6 is 0 Å². The van der Waals surface area contributed by atoms with E-state index in [4.69, 9.17) is 9.15 Å². The molecule has 0 spiro atoms. The summed E-state index contributed by atoms with van der Waals surface area (Å²) < 4.78 is 11.1. The van der Waals surface area contributed by atoms with E-state index in [-0.39, 0.29) is 18.7 Å². The van der Waals surface area contributed by atoms with E-state index in [9.17, 15) is 19.5 Å². The number of hydrogen-bond donors (Lipinski definition) is 3. The van der Waals surface area contributed by atoms with Gasteiger partial charge in [0.15, 0.2) is 6.61 Å². The van der Waals surface area contributed by atoms with Gasteiger partial charge in [0.05, 0.1) is 0 Å². The summed E-state index contributed by atoms with van der Waals surface area (Å²) in [7, 11) is 0. The zero-order valence-electron chi connectivity index (χ0n) is 21.1. The molecule has 1 amide bonds. The van der Waals surface area contributed by atoms with Crippen LogP contribution in [0, 0.1) is 6.92 Å². The van der Waals surface area contributed by atoms with E-state index in [1.165, 1.54) is 0 Å². The first-order chi connectivity index (χ1) is 17.9. The van der Waals surface area contributed by atoms with Crippen LogP contribution in [0.4, 0.5) is 0 Å². The monoisotopic (exact) mass is 504 g/mol. The number of unbranched alkanes of at least 4 members (excludes halogenated alkanes) is 3. The van der Waals surface area contributed by atoms with Gasteiger partial charge in [-0.2, -0.15) is 0 Å². The fourth-order valence-corrected chi connectivity index (χ4v) is 4.59. The molecule has 2 heterocycles. The first-order valence-electron chi connectivity index (χ1n) is 12.6. The number of carboxylic acids is 1. The molecule has 0 saturated heterocycles. The van der Waals surface area contributed by atoms with Crippen LogP contribution in [0.2, 0.25) is 0 Å². The van der Waals surface area contributed by atoms with Gasteiger partial charge in [-0.3, -0.25) is 4.79 Å². The van der Waals surface area contributed by atoms with Crippen molar-refractivity contribution < 1.29 is 23.8 Å². The van der Waals surface area contributed by atoms with Crippen LogP contribution < -0.4 is 15.7 Å². The van der Waals surface area contributed by atoms with Crippen LogP contribution in [0.15, 0.2) is 57.9 Å². The summed E-state index contributed by atoms with van der Waals surface area (Å²) >= 11 is 0. The fraction of sp³-hybridized carbons (Fsp3) is 0.345. The Morgan fingerprint density at radius 3 is 2.70 bits per heavy atom. The number of para-hydroxylation sites is 1. The maximum atomic E-state index is 12.6. The molecule has 37 heavy (non-hydrogen) atoms. The third-order valence-corrected chi connectivity index (χ3v) is 6.64. The highest BCUT2D eigenvalue weighted by molar-refractivity contribution is 5.87. The van der Waals surface area contributed by atoms with E-state index in [2.05, 4.69) is 17.2 Å². The van der Waals surface area contributed by atoms with Crippen molar-refractivity contribution >= 4 is 33.7 Å². The maximum absolute atomic E-state index is 12.6. The number of rotatable bonds is 12. The van der Waals surface area contributed by atoms with Crippen LogP contribution in [-0.2, 0) is 22.4 Å². The Morgan fingerprint density at radius 2 is 1.92 bits per heavy atom. The molecule has 0 bridgehead atoms. The number of ether oxygens (including phenoxy) is 1. The van der Waals surface area contributed by atoms with Crippen molar-refractivity contribution in [3.8, 4) is 5.75 Å². The molecule has 8 heteroatoms. The van der Waals surface area contributed by atoms with Crippen molar-refractivity contribution in [2.45, 2.75) is 58.4 Å². The topological polar surface area (TPSA) is 122 Å². The molecule has 0 unspecified atom stereocenters. The molecule has 2 aromatic heterocycles. The number of amides is 1. The van der Waals surface area contributed by atoms with Gasteiger partial charge in [0, 0.05) is 40.5 Å². The SMILES string of the molecule is CCCCCCc1c(C)c2ccc(OCC(=O)N[C@H](Cc3c[nH]c4ccccc34)C(=O)O)cc2oc1=O. The lowest BCUT2D eigenvalue weighted by Crippen LogP contribution is -2.44. The molecule has 2 aromatic carbocycles. The molecule has 0 aliphatic carbocycles. The minimum absolute atomic E-state index is 0.131. The number of carbonyl (C=O) groups is 2. The normalized spacial score (nSPS) is 12.1. The quantitative estimate of drug-likeness (QED) is 0.186. The van der Waals surface area contributed by atoms with E-state index >= 15 is 0 Å². The Labute approximate surface area is 214 Å². The van der Waals surface area contributed by atoms with Crippen LogP contribution in [0.3, 0.4) is 0 Å². The highest BCUT2D eigenvalue weighted by Crippen LogP contribution is 2.25. The Morgan fingerprint density at radius 1 is 1.11 bits per heavy atom. The number of carbonyl (C=O) groups excluding carboxylic acids is 1. The smallest absolute Gasteiger partial charge is 0.339 e. The first-order valence-corrected chi connectivity index (χ1v) is 12.6. The zero-order chi connectivity index (χ0) is 26.4. The van der Waals surface area contributed by atoms with Crippen molar-refractivity contribution in [1.29, 1.82) is 0 Å². The van der Waals surface area contributed by atoms with Crippen LogP contribution in [0.5, 0.6) is 5.75 Å². The number of carboxylic acid groups (broad SMARTS) is 1. The number of fused-ring (bicyclic) bond motifs is 2. The minimum atomic E-state index is -1.13. The summed E-state index contributed by atoms with van der Waals surface area (Å²) in [6.07, 6.45) is 6.87. The minimum Gasteiger partial charge on any atom is -0.484 e. The second-order valence-corrected chi connectivity index (χ2v) is 9.27. The van der Waals surface area contributed by atoms with Crippen LogP contribution in [0.25, 0.3) is 21.9 Å². The molecule has 194 valence electrons. The summed E-state index contributed by atoms with van der Waals surface area (Å²) in [5.74, 6) is -1.34. The molecule has 4 rings (SSSR count). The van der Waals surface area contributed by atoms with Crippen molar-refractivity contribution in [3.63, 3.8) is 0 Å². The standard InChI is InChI=1S/C29H32N2O6/c1-3-4-5-6-9-22-18(2)21-13-12-20(15-26(21)37-29(22)35)36-17-27(32)31-25(28(33)34)14-19-16-30-24-11-8-7-10-23(19)24/h7-8,10-13,15-16,25,30H,3-6,9,14,17H2,1-2H3,(H,31,32)(H,33,34)/t25-/m1/s1. The Bertz CT molecular complexity index is 1470. The molecule has 4 aromatic rings. The predicted molar refractivity (Wildman–Crippen MR) is 142 cm³/mol. The van der Waals surface area contributed by atoms with Gasteiger partial charge in [0.1, 0.15) is 17.4 Å². The van der Waals surface area contributed by atoms with E-state index in [1.54, 1.807) is 18.3 Å². The molecule has 0 aliphatic heterocycles. The van der Waals surface area contributed by atoms with Crippen molar-refractivity contribution in [1.82, 2.24) is 10.3 Å². The molecule has 0 fully saturated rings. The van der Waals surface area contributed by atoms with E-state index in [0.717, 1.165) is 53.1 Å². The van der Waals surface area contributed by atoms with Gasteiger partial charge in [-0.25, -0.2) is 9.59 Å². The lowest BCUT2D eigenvalue weighted by atomic mass is 10.0. The summed E-state index contributed by atoms with van der Waals surface area (Å²) in [6.45, 7) is 3.69. The van der Waals surface area contributed by atoms with E-state index in [1.807, 2.05) is 37.3 Å². The number of aromatic nitrogens is 1. The Kier molecular flexibility index (Phi) is 8.28. The fourth-order valence-electron chi connectivity index (χ4n) is 4.59. The Hall–Kier alpha value is -4.07. The molecule has 0 radical (unpaired) electrons. The zero-order valence-corrected chi connectivity index (χ0v) is 21.1. The third kappa shape index (κ3) is 6.20. The number of H-pyrrole nitrogens is 1. The Balaban J connectivity index is 1.39. The number of benzene rings is 2. The van der Waals surface area contributed by atoms with Gasteiger partial charge in [-0.1, -0.05) is 44.4 Å². The van der Waals surface area contributed by atoms with Gasteiger partial charge >= 0.3 is 11.6 Å². The van der Waals surface area contributed by atoms with Crippen LogP contribution in [-0.4, -0.2) is 34.6 Å². The average Bonchev–Trinajstić information content (AvgIpc) is 3.29. The summed E-state index contributed by atoms with van der Waals surface area (Å²) in [6, 6.07) is 11.6. The van der Waals surface area contributed by atoms with Crippen molar-refractivity contribution in [2.24, 2.45) is 0 Å². The number of aryl methyl sites for hydroxylation is 1. The first kappa shape index (κ1) is 26.0. The van der Waals surface area contributed by atoms with Crippen molar-refractivity contribution in [2.75, 3.05) is 6.61 Å². The lowest BCUT2D eigenvalue weighted by molar-refractivity contribution is -0.142. The highest BCUT2D eigenvalue weighted by Gasteiger charge is 2.22. The predicted octanol–water partition coefficient (Wildman–Crippen LogP) is 4.90. The molecule has 3 N–H and O–H groups in total. The second kappa shape index (κ2) is 11.8. The highest BCUT2D eigenvalue weighted by atomic mass is 16.5. The number of nitrogens with one attached hydrogen (secondary N) is 2. The largest absolute Gasteiger partial charge is 0.484 e. The van der Waals surface area contributed by atoms with Crippen LogP contribution in [0.1, 0.15) is 49.3 Å². The molecule has 1 atom stereocenters. The van der Waals surface area contributed by atoms with Gasteiger partial charge in [0.2, 0.25) is 0 Å². The maximum Gasteiger partial charge on any atom is 0.339 e. The van der Waals surface area contributed by atoms with Gasteiger partial charge in [-0.05, 0) is 49.1 Å². The molecule has 0 saturated carbocycles. The molecular weight excluding hydrogens is 472 g/mol. The summed E-state index contributed by atoms with van der Waals surface area (Å²) in [5, 5.41) is 13.9. The van der Waals surface area contributed by atoms with Gasteiger partial charge < -0.3 is 24.6 Å². The molecule has 0 aliphatic rings. The molecule has 8 nitrogen and oxygen atoms in total. The average molecular weight is 505 g/mol. The summed E-state index contributed by atoms with van der Waals surface area (Å²) in [5.41, 5.74) is 3.34. The van der Waals surface area contributed by atoms with E-state index < -0.39 is 17.9 Å². The summed E-state index contributed by atoms with van der Waals surface area (Å²) in [4.78, 5) is 40.0. The number of aromatic amines is 1. The number of hydrogen-bond acceptors (Lipinski definition) is 5. The van der Waals surface area contributed by atoms with E-state index in [0.29, 0.717) is 23.3 Å². The van der Waals surface area contributed by atoms with Gasteiger partial charge in [-0.15, -0.1) is 0 Å². The van der Waals surface area contributed by atoms with Gasteiger partial charge in [0.25, 0.3) is 5.91 Å². The number of aliphatic carboxylic acids is 1. The third-order valence-electron chi connectivity index (χ3n) is 6.64. The second-order valence-electron chi connectivity index (χ2n) is 9.27. The van der Waals surface area contributed by atoms with Crippen molar-refractivity contribution in [3.05, 3.63) is 75.8 Å². The lowest BCUT2D eigenvalue weighted by Gasteiger charge is -2.15. The molecular formula is C29H32N2O6.